The van der Waals surface area contributed by atoms with Crippen molar-refractivity contribution in [3.8, 4) is 17.2 Å². The van der Waals surface area contributed by atoms with Gasteiger partial charge in [0.2, 0.25) is 5.75 Å². The predicted molar refractivity (Wildman–Crippen MR) is 104 cm³/mol. The highest BCUT2D eigenvalue weighted by atomic mass is 16.5. The molecule has 0 saturated carbocycles. The second kappa shape index (κ2) is 9.28. The van der Waals surface area contributed by atoms with Crippen LogP contribution in [0.1, 0.15) is 36.0 Å². The lowest BCUT2D eigenvalue weighted by Gasteiger charge is -2.46. The molecule has 2 saturated heterocycles. The molecular weight excluding hydrogens is 346 g/mol. The van der Waals surface area contributed by atoms with Gasteiger partial charge in [0.25, 0.3) is 5.91 Å². The molecule has 7 nitrogen and oxygen atoms in total. The van der Waals surface area contributed by atoms with Crippen LogP contribution in [0.25, 0.3) is 0 Å². The number of methoxy groups -OCH3 is 2. The van der Waals surface area contributed by atoms with E-state index in [4.69, 9.17) is 19.9 Å². The van der Waals surface area contributed by atoms with E-state index in [1.54, 1.807) is 26.4 Å². The van der Waals surface area contributed by atoms with Gasteiger partial charge in [-0.05, 0) is 51.0 Å². The Hall–Kier alpha value is -1.99. The van der Waals surface area contributed by atoms with Gasteiger partial charge in [-0.25, -0.2) is 0 Å². The molecule has 2 fully saturated rings. The van der Waals surface area contributed by atoms with Crippen LogP contribution in [0.5, 0.6) is 17.2 Å². The quantitative estimate of drug-likeness (QED) is 0.696. The van der Waals surface area contributed by atoms with Gasteiger partial charge in [-0.2, -0.15) is 0 Å². The summed E-state index contributed by atoms with van der Waals surface area (Å²) in [4.78, 5) is 17.3. The highest BCUT2D eigenvalue weighted by Gasteiger charge is 2.36. The van der Waals surface area contributed by atoms with E-state index in [1.165, 1.54) is 19.3 Å². The van der Waals surface area contributed by atoms with Gasteiger partial charge in [0.05, 0.1) is 20.8 Å². The van der Waals surface area contributed by atoms with Crippen molar-refractivity contribution in [3.05, 3.63) is 17.7 Å². The largest absolute Gasteiger partial charge is 0.493 e. The lowest BCUT2D eigenvalue weighted by atomic mass is 10.0. The van der Waals surface area contributed by atoms with E-state index in [0.29, 0.717) is 42.0 Å². The molecule has 0 aromatic heterocycles. The number of carbonyl (C=O) groups excluding carboxylic acids is 1. The maximum Gasteiger partial charge on any atom is 0.254 e. The second-order valence-corrected chi connectivity index (χ2v) is 7.16. The summed E-state index contributed by atoms with van der Waals surface area (Å²) < 4.78 is 16.6. The number of nitrogens with zero attached hydrogens (tertiary/aromatic N) is 2. The highest BCUT2D eigenvalue weighted by molar-refractivity contribution is 5.96. The zero-order valence-electron chi connectivity index (χ0n) is 16.4. The van der Waals surface area contributed by atoms with Crippen molar-refractivity contribution in [2.75, 3.05) is 53.6 Å². The molecule has 3 rings (SSSR count). The van der Waals surface area contributed by atoms with Crippen LogP contribution in [0.15, 0.2) is 12.1 Å². The molecule has 27 heavy (non-hydrogen) atoms. The van der Waals surface area contributed by atoms with Crippen molar-refractivity contribution in [1.82, 2.24) is 9.80 Å². The molecule has 1 aromatic carbocycles. The summed E-state index contributed by atoms with van der Waals surface area (Å²) in [5.74, 6) is 1.53. The summed E-state index contributed by atoms with van der Waals surface area (Å²) in [6.45, 7) is 4.91. The first kappa shape index (κ1) is 19.8. The molecule has 0 radical (unpaired) electrons. The molecule has 2 aliphatic rings. The first-order valence-corrected chi connectivity index (χ1v) is 9.80. The van der Waals surface area contributed by atoms with E-state index in [9.17, 15) is 4.79 Å². The number of carbonyl (C=O) groups is 1. The summed E-state index contributed by atoms with van der Waals surface area (Å²) >= 11 is 0. The third-order valence-corrected chi connectivity index (χ3v) is 5.36. The van der Waals surface area contributed by atoms with E-state index in [-0.39, 0.29) is 5.91 Å². The minimum atomic E-state index is 0.00775. The van der Waals surface area contributed by atoms with Crippen molar-refractivity contribution in [3.63, 3.8) is 0 Å². The topological polar surface area (TPSA) is 77.3 Å². The Balaban J connectivity index is 1.67. The molecule has 1 aromatic rings. The Labute approximate surface area is 161 Å². The number of ether oxygens (including phenoxy) is 3. The zero-order chi connectivity index (χ0) is 19.2. The Morgan fingerprint density at radius 2 is 1.74 bits per heavy atom. The Kier molecular flexibility index (Phi) is 6.79. The molecule has 2 aliphatic heterocycles. The zero-order valence-corrected chi connectivity index (χ0v) is 16.4. The molecule has 2 N–H and O–H groups in total. The van der Waals surface area contributed by atoms with Crippen LogP contribution >= 0.6 is 0 Å². The van der Waals surface area contributed by atoms with Crippen LogP contribution in [-0.2, 0) is 0 Å². The molecule has 0 aliphatic carbocycles. The molecule has 7 heteroatoms. The van der Waals surface area contributed by atoms with Gasteiger partial charge in [0.1, 0.15) is 0 Å². The summed E-state index contributed by atoms with van der Waals surface area (Å²) in [6, 6.07) is 3.96. The molecular formula is C20H31N3O4. The van der Waals surface area contributed by atoms with E-state index < -0.39 is 0 Å². The standard InChI is InChI=1S/C20H31N3O4/c1-25-17-11-15(12-18(26-2)19(17)27-10-6-7-21)20(24)23-13-16(14-23)22-8-4-3-5-9-22/h11-12,16H,3-10,13-14,21H2,1-2H3. The molecule has 1 amide bonds. The monoisotopic (exact) mass is 377 g/mol. The number of likely N-dealkylation sites (tertiary alicyclic amines) is 2. The first-order valence-electron chi connectivity index (χ1n) is 9.80. The number of hydrogen-bond donors (Lipinski definition) is 1. The summed E-state index contributed by atoms with van der Waals surface area (Å²) in [6.07, 6.45) is 4.60. The summed E-state index contributed by atoms with van der Waals surface area (Å²) in [7, 11) is 3.13. The summed E-state index contributed by atoms with van der Waals surface area (Å²) in [5.41, 5.74) is 6.08. The van der Waals surface area contributed by atoms with E-state index in [1.807, 2.05) is 4.90 Å². The minimum Gasteiger partial charge on any atom is -0.493 e. The van der Waals surface area contributed by atoms with Crippen molar-refractivity contribution in [1.29, 1.82) is 0 Å². The number of nitrogens with two attached hydrogens (primary N) is 1. The fourth-order valence-corrected chi connectivity index (χ4v) is 3.72. The smallest absolute Gasteiger partial charge is 0.254 e. The molecule has 0 bridgehead atoms. The van der Waals surface area contributed by atoms with Crippen molar-refractivity contribution < 1.29 is 19.0 Å². The van der Waals surface area contributed by atoms with Gasteiger partial charge in [-0.1, -0.05) is 6.42 Å². The Morgan fingerprint density at radius 1 is 1.11 bits per heavy atom. The number of benzene rings is 1. The molecule has 0 unspecified atom stereocenters. The van der Waals surface area contributed by atoms with Gasteiger partial charge >= 0.3 is 0 Å². The highest BCUT2D eigenvalue weighted by Crippen LogP contribution is 2.39. The van der Waals surface area contributed by atoms with Crippen molar-refractivity contribution in [2.45, 2.75) is 31.7 Å². The normalized spacial score (nSPS) is 18.1. The van der Waals surface area contributed by atoms with Crippen LogP contribution in [0.3, 0.4) is 0 Å². The van der Waals surface area contributed by atoms with Crippen LogP contribution in [0, 0.1) is 0 Å². The van der Waals surface area contributed by atoms with Crippen LogP contribution in [-0.4, -0.2) is 75.3 Å². The third-order valence-electron chi connectivity index (χ3n) is 5.36. The predicted octanol–water partition coefficient (Wildman–Crippen LogP) is 1.74. The lowest BCUT2D eigenvalue weighted by molar-refractivity contribution is 0.0203. The molecule has 0 atom stereocenters. The van der Waals surface area contributed by atoms with Crippen LogP contribution in [0.2, 0.25) is 0 Å². The third kappa shape index (κ3) is 4.47. The maximum atomic E-state index is 12.9. The van der Waals surface area contributed by atoms with Gasteiger partial charge in [-0.15, -0.1) is 0 Å². The Bertz CT molecular complexity index is 615. The minimum absolute atomic E-state index is 0.00775. The SMILES string of the molecule is COc1cc(C(=O)N2CC(N3CCCCC3)C2)cc(OC)c1OCCCN. The fourth-order valence-electron chi connectivity index (χ4n) is 3.72. The maximum absolute atomic E-state index is 12.9. The first-order chi connectivity index (χ1) is 13.2. The number of amides is 1. The lowest BCUT2D eigenvalue weighted by Crippen LogP contribution is -2.61. The van der Waals surface area contributed by atoms with Crippen molar-refractivity contribution >= 4 is 5.91 Å². The molecule has 0 spiro atoms. The second-order valence-electron chi connectivity index (χ2n) is 7.16. The average Bonchev–Trinajstić information content (AvgIpc) is 2.67. The van der Waals surface area contributed by atoms with E-state index in [0.717, 1.165) is 32.6 Å². The summed E-state index contributed by atoms with van der Waals surface area (Å²) in [5, 5.41) is 0. The number of hydrogen-bond acceptors (Lipinski definition) is 6. The van der Waals surface area contributed by atoms with Crippen LogP contribution < -0.4 is 19.9 Å². The molecule has 2 heterocycles. The van der Waals surface area contributed by atoms with Gasteiger partial charge in [0.15, 0.2) is 11.5 Å². The van der Waals surface area contributed by atoms with Gasteiger partial charge < -0.3 is 24.8 Å². The molecule has 150 valence electrons. The number of rotatable bonds is 8. The average molecular weight is 377 g/mol. The van der Waals surface area contributed by atoms with Gasteiger partial charge in [-0.3, -0.25) is 9.69 Å². The van der Waals surface area contributed by atoms with Gasteiger partial charge in [0, 0.05) is 24.7 Å². The Morgan fingerprint density at radius 3 is 2.30 bits per heavy atom. The fraction of sp³-hybridized carbons (Fsp3) is 0.650. The van der Waals surface area contributed by atoms with Crippen molar-refractivity contribution in [2.24, 2.45) is 5.73 Å². The van der Waals surface area contributed by atoms with Crippen LogP contribution in [0.4, 0.5) is 0 Å². The number of piperidine rings is 1. The van der Waals surface area contributed by atoms with E-state index in [2.05, 4.69) is 4.90 Å². The van der Waals surface area contributed by atoms with E-state index >= 15 is 0 Å².